The Morgan fingerprint density at radius 3 is 2.70 bits per heavy atom. The van der Waals surface area contributed by atoms with Gasteiger partial charge < -0.3 is 9.30 Å². The van der Waals surface area contributed by atoms with Crippen LogP contribution in [0, 0.1) is 0 Å². The Labute approximate surface area is 163 Å². The van der Waals surface area contributed by atoms with Crippen molar-refractivity contribution in [3.05, 3.63) is 46.1 Å². The summed E-state index contributed by atoms with van der Waals surface area (Å²) in [6.45, 7) is 8.51. The van der Waals surface area contributed by atoms with Crippen LogP contribution < -0.4 is 0 Å². The lowest BCUT2D eigenvalue weighted by atomic mass is 9.86. The SMILES string of the molecule is COC(=O)c1cnc(C(C)Cc2[nH]nc3cc(Cl)c(C(C)(C)C)cc23)n1C. The molecule has 0 aliphatic rings. The number of carbonyl (C=O) groups is 1. The lowest BCUT2D eigenvalue weighted by molar-refractivity contribution is 0.0589. The van der Waals surface area contributed by atoms with Crippen molar-refractivity contribution in [3.63, 3.8) is 0 Å². The van der Waals surface area contributed by atoms with Crippen LogP contribution in [0.4, 0.5) is 0 Å². The molecule has 0 aliphatic carbocycles. The molecule has 1 aromatic carbocycles. The second kappa shape index (κ2) is 7.00. The zero-order chi connectivity index (χ0) is 19.9. The molecule has 0 spiro atoms. The Kier molecular flexibility index (Phi) is 5.04. The number of H-pyrrole nitrogens is 1. The van der Waals surface area contributed by atoms with E-state index in [4.69, 9.17) is 16.3 Å². The summed E-state index contributed by atoms with van der Waals surface area (Å²) in [6, 6.07) is 4.04. The first-order valence-corrected chi connectivity index (χ1v) is 9.28. The molecule has 0 fully saturated rings. The summed E-state index contributed by atoms with van der Waals surface area (Å²) in [6.07, 6.45) is 2.27. The molecule has 0 saturated carbocycles. The molecule has 3 rings (SSSR count). The number of aromatic nitrogens is 4. The number of fused-ring (bicyclic) bond motifs is 1. The molecular weight excluding hydrogens is 364 g/mol. The van der Waals surface area contributed by atoms with Gasteiger partial charge in [-0.25, -0.2) is 9.78 Å². The van der Waals surface area contributed by atoms with Crippen molar-refractivity contribution in [2.75, 3.05) is 7.11 Å². The van der Waals surface area contributed by atoms with E-state index in [9.17, 15) is 4.79 Å². The van der Waals surface area contributed by atoms with Gasteiger partial charge in [-0.05, 0) is 29.5 Å². The van der Waals surface area contributed by atoms with Crippen molar-refractivity contribution in [2.24, 2.45) is 7.05 Å². The molecule has 6 nitrogen and oxygen atoms in total. The normalized spacial score (nSPS) is 13.1. The van der Waals surface area contributed by atoms with Crippen LogP contribution in [0.25, 0.3) is 10.9 Å². The van der Waals surface area contributed by atoms with Crippen LogP contribution in [-0.4, -0.2) is 32.8 Å². The fourth-order valence-corrected chi connectivity index (χ4v) is 3.83. The van der Waals surface area contributed by atoms with Gasteiger partial charge in [-0.3, -0.25) is 5.10 Å². The van der Waals surface area contributed by atoms with Crippen LogP contribution in [0.1, 0.15) is 61.2 Å². The van der Waals surface area contributed by atoms with Crippen LogP contribution in [0.15, 0.2) is 18.3 Å². The minimum Gasteiger partial charge on any atom is -0.464 e. The number of halogens is 1. The highest BCUT2D eigenvalue weighted by atomic mass is 35.5. The molecule has 0 amide bonds. The third kappa shape index (κ3) is 3.58. The van der Waals surface area contributed by atoms with E-state index in [2.05, 4.69) is 48.9 Å². The lowest BCUT2D eigenvalue weighted by Crippen LogP contribution is -2.13. The summed E-state index contributed by atoms with van der Waals surface area (Å²) in [4.78, 5) is 16.2. The number of carbonyl (C=O) groups excluding carboxylic acids is 1. The number of esters is 1. The van der Waals surface area contributed by atoms with Crippen LogP contribution >= 0.6 is 11.6 Å². The van der Waals surface area contributed by atoms with Crippen molar-refractivity contribution in [3.8, 4) is 0 Å². The third-order valence-electron chi connectivity index (χ3n) is 4.90. The summed E-state index contributed by atoms with van der Waals surface area (Å²) >= 11 is 6.45. The number of hydrogen-bond acceptors (Lipinski definition) is 4. The summed E-state index contributed by atoms with van der Waals surface area (Å²) in [7, 11) is 3.20. The van der Waals surface area contributed by atoms with Crippen molar-refractivity contribution in [1.29, 1.82) is 0 Å². The summed E-state index contributed by atoms with van der Waals surface area (Å²) < 4.78 is 6.59. The third-order valence-corrected chi connectivity index (χ3v) is 5.21. The number of hydrogen-bond donors (Lipinski definition) is 1. The number of aromatic amines is 1. The number of benzene rings is 1. The molecule has 0 bridgehead atoms. The van der Waals surface area contributed by atoms with E-state index in [1.807, 2.05) is 13.1 Å². The van der Waals surface area contributed by atoms with Crippen molar-refractivity contribution < 1.29 is 9.53 Å². The van der Waals surface area contributed by atoms with Gasteiger partial charge in [-0.15, -0.1) is 0 Å². The molecule has 144 valence electrons. The molecule has 0 radical (unpaired) electrons. The molecule has 7 heteroatoms. The number of imidazole rings is 1. The first kappa shape index (κ1) is 19.4. The van der Waals surface area contributed by atoms with E-state index < -0.39 is 0 Å². The predicted octanol–water partition coefficient (Wildman–Crippen LogP) is 4.38. The van der Waals surface area contributed by atoms with Crippen molar-refractivity contribution in [2.45, 2.75) is 45.4 Å². The summed E-state index contributed by atoms with van der Waals surface area (Å²) in [5, 5.41) is 9.35. The monoisotopic (exact) mass is 388 g/mol. The maximum atomic E-state index is 11.8. The molecule has 1 unspecified atom stereocenters. The highest BCUT2D eigenvalue weighted by molar-refractivity contribution is 6.32. The topological polar surface area (TPSA) is 72.8 Å². The Hall–Kier alpha value is -2.34. The highest BCUT2D eigenvalue weighted by Gasteiger charge is 2.22. The summed E-state index contributed by atoms with van der Waals surface area (Å²) in [5.41, 5.74) is 3.36. The second-order valence-electron chi connectivity index (χ2n) is 7.96. The summed E-state index contributed by atoms with van der Waals surface area (Å²) in [5.74, 6) is 0.522. The molecule has 0 saturated heterocycles. The average Bonchev–Trinajstić information content (AvgIpc) is 3.16. The average molecular weight is 389 g/mol. The molecule has 2 aromatic heterocycles. The van der Waals surface area contributed by atoms with Gasteiger partial charge in [-0.2, -0.15) is 5.10 Å². The molecule has 2 heterocycles. The van der Waals surface area contributed by atoms with E-state index in [1.165, 1.54) is 7.11 Å². The van der Waals surface area contributed by atoms with Crippen molar-refractivity contribution >= 4 is 28.5 Å². The standard InChI is InChI=1S/C20H25ClN4O2/c1-11(18-22-10-17(25(18)5)19(26)27-6)7-15-12-8-13(20(2,3)4)14(21)9-16(12)24-23-15/h8-11H,7H2,1-6H3,(H,23,24). The van der Waals surface area contributed by atoms with E-state index >= 15 is 0 Å². The van der Waals surface area contributed by atoms with E-state index in [-0.39, 0.29) is 17.3 Å². The Morgan fingerprint density at radius 1 is 1.37 bits per heavy atom. The number of nitrogens with zero attached hydrogens (tertiary/aromatic N) is 3. The lowest BCUT2D eigenvalue weighted by Gasteiger charge is -2.20. The van der Waals surface area contributed by atoms with Gasteiger partial charge in [0.15, 0.2) is 0 Å². The number of ether oxygens (including phenoxy) is 1. The van der Waals surface area contributed by atoms with Crippen LogP contribution in [0.5, 0.6) is 0 Å². The zero-order valence-electron chi connectivity index (χ0n) is 16.6. The van der Waals surface area contributed by atoms with E-state index in [0.29, 0.717) is 12.1 Å². The molecular formula is C20H25ClN4O2. The van der Waals surface area contributed by atoms with Crippen LogP contribution in [0.3, 0.4) is 0 Å². The molecule has 1 atom stereocenters. The maximum absolute atomic E-state index is 11.8. The molecule has 1 N–H and O–H groups in total. The first-order valence-electron chi connectivity index (χ1n) is 8.90. The maximum Gasteiger partial charge on any atom is 0.356 e. The smallest absolute Gasteiger partial charge is 0.356 e. The molecule has 0 aliphatic heterocycles. The fourth-order valence-electron chi connectivity index (χ4n) is 3.39. The zero-order valence-corrected chi connectivity index (χ0v) is 17.3. The number of methoxy groups -OCH3 is 1. The van der Waals surface area contributed by atoms with E-state index in [1.54, 1.807) is 10.8 Å². The predicted molar refractivity (Wildman–Crippen MR) is 106 cm³/mol. The van der Waals surface area contributed by atoms with E-state index in [0.717, 1.165) is 33.0 Å². The van der Waals surface area contributed by atoms with Crippen LogP contribution in [-0.2, 0) is 23.6 Å². The number of nitrogens with one attached hydrogen (secondary N) is 1. The Bertz CT molecular complexity index is 997. The van der Waals surface area contributed by atoms with Crippen LogP contribution in [0.2, 0.25) is 5.02 Å². The minimum absolute atomic E-state index is 0.0550. The largest absolute Gasteiger partial charge is 0.464 e. The minimum atomic E-state index is -0.389. The van der Waals surface area contributed by atoms with Gasteiger partial charge in [0.2, 0.25) is 0 Å². The van der Waals surface area contributed by atoms with Gasteiger partial charge >= 0.3 is 5.97 Å². The Balaban J connectivity index is 1.95. The number of rotatable bonds is 4. The first-order chi connectivity index (χ1) is 12.6. The fraction of sp³-hybridized carbons (Fsp3) is 0.450. The quantitative estimate of drug-likeness (QED) is 0.673. The highest BCUT2D eigenvalue weighted by Crippen LogP contribution is 2.34. The molecule has 3 aromatic rings. The van der Waals surface area contributed by atoms with Gasteiger partial charge in [-0.1, -0.05) is 39.3 Å². The molecule has 27 heavy (non-hydrogen) atoms. The Morgan fingerprint density at radius 2 is 2.07 bits per heavy atom. The van der Waals surface area contributed by atoms with Crippen molar-refractivity contribution in [1.82, 2.24) is 19.7 Å². The van der Waals surface area contributed by atoms with Gasteiger partial charge in [0.1, 0.15) is 11.5 Å². The van der Waals surface area contributed by atoms with Gasteiger partial charge in [0.05, 0.1) is 18.8 Å². The second-order valence-corrected chi connectivity index (χ2v) is 8.37. The van der Waals surface area contributed by atoms with Gasteiger partial charge in [0, 0.05) is 29.1 Å². The van der Waals surface area contributed by atoms with Gasteiger partial charge in [0.25, 0.3) is 0 Å².